The highest BCUT2D eigenvalue weighted by molar-refractivity contribution is 7.07. The molecule has 0 unspecified atom stereocenters. The van der Waals surface area contributed by atoms with Crippen LogP contribution in [0.15, 0.2) is 53.2 Å². The summed E-state index contributed by atoms with van der Waals surface area (Å²) in [6.45, 7) is 2.12. The SMILES string of the molecule is CC[C@H](C(=N)CCc1ccsc1)c1ccc(C/C=C/C(=O)O)cc1. The van der Waals surface area contributed by atoms with Crippen molar-refractivity contribution in [2.24, 2.45) is 0 Å². The van der Waals surface area contributed by atoms with Gasteiger partial charge in [-0.15, -0.1) is 0 Å². The van der Waals surface area contributed by atoms with Crippen LogP contribution in [-0.2, 0) is 17.6 Å². The highest BCUT2D eigenvalue weighted by atomic mass is 32.1. The van der Waals surface area contributed by atoms with E-state index in [0.717, 1.165) is 30.5 Å². The topological polar surface area (TPSA) is 61.2 Å². The van der Waals surface area contributed by atoms with Crippen LogP contribution in [0.4, 0.5) is 0 Å². The Labute approximate surface area is 147 Å². The van der Waals surface area contributed by atoms with Crippen LogP contribution in [0.3, 0.4) is 0 Å². The van der Waals surface area contributed by atoms with Crippen LogP contribution in [0.2, 0.25) is 0 Å². The molecule has 1 heterocycles. The fourth-order valence-corrected chi connectivity index (χ4v) is 3.46. The minimum atomic E-state index is -0.920. The van der Waals surface area contributed by atoms with Crippen molar-refractivity contribution in [3.05, 3.63) is 69.9 Å². The van der Waals surface area contributed by atoms with E-state index in [1.165, 1.54) is 17.2 Å². The molecule has 2 N–H and O–H groups in total. The van der Waals surface area contributed by atoms with Crippen LogP contribution in [0.5, 0.6) is 0 Å². The van der Waals surface area contributed by atoms with Crippen molar-refractivity contribution in [1.29, 1.82) is 5.41 Å². The van der Waals surface area contributed by atoms with Crippen LogP contribution >= 0.6 is 11.3 Å². The monoisotopic (exact) mass is 341 g/mol. The third kappa shape index (κ3) is 5.46. The maximum atomic E-state index is 10.5. The number of benzene rings is 1. The number of nitrogens with one attached hydrogen (secondary N) is 1. The Kier molecular flexibility index (Phi) is 6.94. The number of carboxylic acid groups (broad SMARTS) is 1. The smallest absolute Gasteiger partial charge is 0.327 e. The van der Waals surface area contributed by atoms with E-state index in [9.17, 15) is 4.79 Å². The Morgan fingerprint density at radius 1 is 1.25 bits per heavy atom. The highest BCUT2D eigenvalue weighted by Gasteiger charge is 2.15. The number of hydrogen-bond acceptors (Lipinski definition) is 3. The molecule has 126 valence electrons. The van der Waals surface area contributed by atoms with Gasteiger partial charge in [-0.3, -0.25) is 0 Å². The Hall–Kier alpha value is -2.20. The van der Waals surface area contributed by atoms with Crippen LogP contribution in [0.1, 0.15) is 42.4 Å². The number of thiophene rings is 1. The maximum absolute atomic E-state index is 10.5. The third-order valence-electron chi connectivity index (χ3n) is 4.09. The highest BCUT2D eigenvalue weighted by Crippen LogP contribution is 2.24. The van der Waals surface area contributed by atoms with E-state index >= 15 is 0 Å². The lowest BCUT2D eigenvalue weighted by atomic mass is 9.88. The molecule has 0 bridgehead atoms. The lowest BCUT2D eigenvalue weighted by Crippen LogP contribution is -2.12. The summed E-state index contributed by atoms with van der Waals surface area (Å²) in [6.07, 6.45) is 6.06. The van der Waals surface area contributed by atoms with Gasteiger partial charge in [-0.05, 0) is 59.2 Å². The Balaban J connectivity index is 1.96. The molecule has 0 spiro atoms. The average Bonchev–Trinajstić information content (AvgIpc) is 3.08. The lowest BCUT2D eigenvalue weighted by Gasteiger charge is -2.17. The van der Waals surface area contributed by atoms with E-state index in [0.29, 0.717) is 6.42 Å². The van der Waals surface area contributed by atoms with Gasteiger partial charge >= 0.3 is 5.97 Å². The molecule has 0 saturated heterocycles. The molecular weight excluding hydrogens is 318 g/mol. The Bertz CT molecular complexity index is 687. The summed E-state index contributed by atoms with van der Waals surface area (Å²) in [7, 11) is 0. The number of aryl methyl sites for hydroxylation is 1. The zero-order valence-corrected chi connectivity index (χ0v) is 14.7. The van der Waals surface area contributed by atoms with E-state index in [-0.39, 0.29) is 5.92 Å². The molecule has 1 aromatic carbocycles. The van der Waals surface area contributed by atoms with Crippen LogP contribution in [0.25, 0.3) is 0 Å². The zero-order valence-electron chi connectivity index (χ0n) is 13.9. The second-order valence-electron chi connectivity index (χ2n) is 5.80. The molecule has 24 heavy (non-hydrogen) atoms. The van der Waals surface area contributed by atoms with Crippen molar-refractivity contribution in [2.75, 3.05) is 0 Å². The molecule has 0 radical (unpaired) electrons. The van der Waals surface area contributed by atoms with Gasteiger partial charge in [0.15, 0.2) is 0 Å². The molecule has 0 amide bonds. The lowest BCUT2D eigenvalue weighted by molar-refractivity contribution is -0.131. The first-order valence-electron chi connectivity index (χ1n) is 8.16. The largest absolute Gasteiger partial charge is 0.478 e. The van der Waals surface area contributed by atoms with Crippen molar-refractivity contribution in [3.63, 3.8) is 0 Å². The van der Waals surface area contributed by atoms with E-state index in [4.69, 9.17) is 10.5 Å². The molecule has 1 aromatic heterocycles. The number of aliphatic carboxylic acids is 1. The summed E-state index contributed by atoms with van der Waals surface area (Å²) in [6, 6.07) is 10.3. The van der Waals surface area contributed by atoms with Crippen LogP contribution in [-0.4, -0.2) is 16.8 Å². The molecule has 0 fully saturated rings. The first kappa shape index (κ1) is 18.1. The summed E-state index contributed by atoms with van der Waals surface area (Å²) in [5, 5.41) is 21.3. The predicted molar refractivity (Wildman–Crippen MR) is 100 cm³/mol. The first-order chi connectivity index (χ1) is 11.6. The average molecular weight is 341 g/mol. The van der Waals surface area contributed by atoms with Crippen LogP contribution < -0.4 is 0 Å². The molecule has 2 aromatic rings. The normalized spacial score (nSPS) is 12.4. The van der Waals surface area contributed by atoms with Crippen LogP contribution in [0, 0.1) is 5.41 Å². The molecule has 3 nitrogen and oxygen atoms in total. The minimum Gasteiger partial charge on any atom is -0.478 e. The van der Waals surface area contributed by atoms with Gasteiger partial charge in [-0.2, -0.15) is 11.3 Å². The summed E-state index contributed by atoms with van der Waals surface area (Å²) in [5.41, 5.74) is 4.33. The zero-order chi connectivity index (χ0) is 17.4. The molecule has 4 heteroatoms. The summed E-state index contributed by atoms with van der Waals surface area (Å²) >= 11 is 1.70. The Morgan fingerprint density at radius 2 is 2.00 bits per heavy atom. The molecule has 0 aliphatic heterocycles. The summed E-state index contributed by atoms with van der Waals surface area (Å²) in [5.74, 6) is -0.760. The van der Waals surface area contributed by atoms with Crippen molar-refractivity contribution < 1.29 is 9.90 Å². The fourth-order valence-electron chi connectivity index (χ4n) is 2.75. The van der Waals surface area contributed by atoms with Gasteiger partial charge < -0.3 is 10.5 Å². The number of hydrogen-bond donors (Lipinski definition) is 2. The standard InChI is InChI=1S/C20H23NO2S/c1-2-18(19(21)11-8-16-12-13-24-14-16)17-9-6-15(7-10-17)4-3-5-20(22)23/h3,5-7,9-10,12-14,18,21H,2,4,8,11H2,1H3,(H,22,23)/b5-3+,21-19?/t18-/m0/s1. The Morgan fingerprint density at radius 3 is 2.58 bits per heavy atom. The second-order valence-corrected chi connectivity index (χ2v) is 6.58. The third-order valence-corrected chi connectivity index (χ3v) is 4.82. The van der Waals surface area contributed by atoms with Gasteiger partial charge in [0.05, 0.1) is 0 Å². The first-order valence-corrected chi connectivity index (χ1v) is 9.11. The van der Waals surface area contributed by atoms with Crippen molar-refractivity contribution in [1.82, 2.24) is 0 Å². The molecule has 2 rings (SSSR count). The quantitative estimate of drug-likeness (QED) is 0.493. The number of rotatable bonds is 9. The van der Waals surface area contributed by atoms with E-state index < -0.39 is 5.97 Å². The summed E-state index contributed by atoms with van der Waals surface area (Å²) in [4.78, 5) is 10.5. The number of allylic oxidation sites excluding steroid dienone is 1. The van der Waals surface area contributed by atoms with E-state index in [1.54, 1.807) is 17.4 Å². The molecule has 0 saturated carbocycles. The van der Waals surface area contributed by atoms with Crippen molar-refractivity contribution in [3.8, 4) is 0 Å². The fraction of sp³-hybridized carbons (Fsp3) is 0.300. The molecule has 0 aliphatic rings. The number of carboxylic acids is 1. The van der Waals surface area contributed by atoms with Gasteiger partial charge in [-0.25, -0.2) is 4.79 Å². The second kappa shape index (κ2) is 9.18. The van der Waals surface area contributed by atoms with Gasteiger partial charge in [0.1, 0.15) is 0 Å². The van der Waals surface area contributed by atoms with Gasteiger partial charge in [-0.1, -0.05) is 37.3 Å². The van der Waals surface area contributed by atoms with Gasteiger partial charge in [0.25, 0.3) is 0 Å². The van der Waals surface area contributed by atoms with E-state index in [1.807, 2.05) is 12.1 Å². The van der Waals surface area contributed by atoms with Crippen molar-refractivity contribution >= 4 is 23.0 Å². The van der Waals surface area contributed by atoms with Crippen molar-refractivity contribution in [2.45, 2.75) is 38.5 Å². The molecule has 0 aliphatic carbocycles. The van der Waals surface area contributed by atoms with Gasteiger partial charge in [0, 0.05) is 17.7 Å². The molecular formula is C20H23NO2S. The molecule has 1 atom stereocenters. The van der Waals surface area contributed by atoms with E-state index in [2.05, 4.69) is 35.9 Å². The minimum absolute atomic E-state index is 0.159. The van der Waals surface area contributed by atoms with Gasteiger partial charge in [0.2, 0.25) is 0 Å². The maximum Gasteiger partial charge on any atom is 0.327 e. The summed E-state index contributed by atoms with van der Waals surface area (Å²) < 4.78 is 0. The predicted octanol–water partition coefficient (Wildman–Crippen LogP) is 5.08. The number of carbonyl (C=O) groups is 1.